The molecule has 1 fully saturated rings. The van der Waals surface area contributed by atoms with E-state index in [1.807, 2.05) is 0 Å². The summed E-state index contributed by atoms with van der Waals surface area (Å²) in [4.78, 5) is 22.6. The van der Waals surface area contributed by atoms with Crippen LogP contribution >= 0.6 is 0 Å². The van der Waals surface area contributed by atoms with Gasteiger partial charge in [0, 0.05) is 12.3 Å². The molecule has 0 bridgehead atoms. The highest BCUT2D eigenvalue weighted by molar-refractivity contribution is 5.85. The Morgan fingerprint density at radius 3 is 2.24 bits per heavy atom. The van der Waals surface area contributed by atoms with Crippen LogP contribution in [0.15, 0.2) is 0 Å². The number of amides is 1. The van der Waals surface area contributed by atoms with Crippen LogP contribution in [0.25, 0.3) is 0 Å². The molecule has 1 aliphatic rings. The summed E-state index contributed by atoms with van der Waals surface area (Å²) in [7, 11) is 0. The Kier molecular flexibility index (Phi) is 5.91. The highest BCUT2D eigenvalue weighted by atomic mass is 19.4. The number of carbonyl (C=O) groups excluding carboxylic acids is 1. The quantitative estimate of drug-likeness (QED) is 0.766. The third kappa shape index (κ3) is 5.13. The van der Waals surface area contributed by atoms with Crippen LogP contribution < -0.4 is 5.32 Å². The van der Waals surface area contributed by atoms with Crippen LogP contribution in [0.3, 0.4) is 0 Å². The van der Waals surface area contributed by atoms with Crippen LogP contribution in [0.5, 0.6) is 0 Å². The van der Waals surface area contributed by atoms with E-state index in [1.54, 1.807) is 5.32 Å². The molecule has 3 atom stereocenters. The molecule has 0 aromatic carbocycles. The van der Waals surface area contributed by atoms with Crippen LogP contribution in [-0.4, -0.2) is 35.6 Å². The highest BCUT2D eigenvalue weighted by Gasteiger charge is 2.48. The molecular weight excluding hydrogens is 301 g/mol. The normalized spacial score (nSPS) is 24.7. The van der Waals surface area contributed by atoms with Gasteiger partial charge in [0.2, 0.25) is 12.3 Å². The largest absolute Gasteiger partial charge is 0.480 e. The van der Waals surface area contributed by atoms with Crippen molar-refractivity contribution >= 4 is 11.9 Å². The number of nitrogens with one attached hydrogen (secondary N) is 1. The van der Waals surface area contributed by atoms with Crippen molar-refractivity contribution in [2.24, 2.45) is 11.8 Å². The molecule has 0 aromatic heterocycles. The number of halogens is 5. The average Bonchev–Trinajstić information content (AvgIpc) is 2.36. The van der Waals surface area contributed by atoms with Gasteiger partial charge in [0.1, 0.15) is 6.04 Å². The zero-order chi connectivity index (χ0) is 16.2. The zero-order valence-electron chi connectivity index (χ0n) is 11.0. The molecule has 1 amide bonds. The van der Waals surface area contributed by atoms with Crippen molar-refractivity contribution in [2.45, 2.75) is 50.7 Å². The molecule has 1 saturated carbocycles. The summed E-state index contributed by atoms with van der Waals surface area (Å²) in [6.07, 6.45) is -8.18. The Morgan fingerprint density at radius 1 is 1.19 bits per heavy atom. The number of carboxylic acid groups (broad SMARTS) is 1. The van der Waals surface area contributed by atoms with Crippen molar-refractivity contribution in [1.82, 2.24) is 5.32 Å². The first kappa shape index (κ1) is 17.6. The molecular formula is C12H16F5NO3. The van der Waals surface area contributed by atoms with Crippen molar-refractivity contribution in [3.8, 4) is 0 Å². The lowest BCUT2D eigenvalue weighted by Crippen LogP contribution is -2.48. The smallest absolute Gasteiger partial charge is 0.392 e. The van der Waals surface area contributed by atoms with Crippen LogP contribution in [0.2, 0.25) is 0 Å². The molecule has 1 rings (SSSR count). The van der Waals surface area contributed by atoms with Gasteiger partial charge in [-0.15, -0.1) is 0 Å². The van der Waals surface area contributed by atoms with Crippen LogP contribution in [-0.2, 0) is 9.59 Å². The second-order valence-corrected chi connectivity index (χ2v) is 5.07. The summed E-state index contributed by atoms with van der Waals surface area (Å²) >= 11 is 0. The van der Waals surface area contributed by atoms with Gasteiger partial charge >= 0.3 is 12.1 Å². The van der Waals surface area contributed by atoms with E-state index < -0.39 is 48.8 Å². The fourth-order valence-corrected chi connectivity index (χ4v) is 2.51. The van der Waals surface area contributed by atoms with Gasteiger partial charge in [-0.05, 0) is 12.8 Å². The molecule has 9 heteroatoms. The second-order valence-electron chi connectivity index (χ2n) is 5.07. The maximum atomic E-state index is 12.8. The lowest BCUT2D eigenvalue weighted by atomic mass is 9.78. The molecule has 0 heterocycles. The second kappa shape index (κ2) is 7.04. The van der Waals surface area contributed by atoms with E-state index in [1.165, 1.54) is 0 Å². The molecule has 0 aromatic rings. The summed E-state index contributed by atoms with van der Waals surface area (Å²) in [5.74, 6) is -6.08. The lowest BCUT2D eigenvalue weighted by Gasteiger charge is -2.32. The molecule has 0 radical (unpaired) electrons. The lowest BCUT2D eigenvalue weighted by molar-refractivity contribution is -0.198. The number of aliphatic carboxylic acids is 1. The molecule has 2 N–H and O–H groups in total. The van der Waals surface area contributed by atoms with Crippen LogP contribution in [0.1, 0.15) is 32.1 Å². The molecule has 122 valence electrons. The maximum absolute atomic E-state index is 12.8. The molecule has 4 nitrogen and oxygen atoms in total. The molecule has 0 aliphatic heterocycles. The Morgan fingerprint density at radius 2 is 1.76 bits per heavy atom. The predicted octanol–water partition coefficient (Wildman–Crippen LogP) is 2.58. The third-order valence-electron chi connectivity index (χ3n) is 3.55. The van der Waals surface area contributed by atoms with Gasteiger partial charge in [0.25, 0.3) is 0 Å². The minimum absolute atomic E-state index is 0.0307. The number of alkyl halides is 5. The molecule has 0 spiro atoms. The van der Waals surface area contributed by atoms with Crippen molar-refractivity contribution in [1.29, 1.82) is 0 Å². The average molecular weight is 317 g/mol. The standard InChI is InChI=1S/C12H16F5NO3/c13-9(14)5-8(11(20)21)18-10(19)6-3-1-2-4-7(6)12(15,16)17/h6-9H,1-5H2,(H,18,19)(H,20,21). The predicted molar refractivity (Wildman–Crippen MR) is 61.7 cm³/mol. The van der Waals surface area contributed by atoms with E-state index in [9.17, 15) is 31.5 Å². The summed E-state index contributed by atoms with van der Waals surface area (Å²) in [6, 6.07) is -1.88. The molecule has 0 saturated heterocycles. The Bertz CT molecular complexity index is 386. The van der Waals surface area contributed by atoms with E-state index in [0.29, 0.717) is 12.8 Å². The highest BCUT2D eigenvalue weighted by Crippen LogP contribution is 2.41. The molecule has 21 heavy (non-hydrogen) atoms. The Hall–Kier alpha value is -1.41. The summed E-state index contributed by atoms with van der Waals surface area (Å²) in [5, 5.41) is 10.5. The fraction of sp³-hybridized carbons (Fsp3) is 0.833. The van der Waals surface area contributed by atoms with Gasteiger partial charge in [-0.25, -0.2) is 13.6 Å². The van der Waals surface area contributed by atoms with Crippen molar-refractivity contribution in [3.63, 3.8) is 0 Å². The number of carboxylic acids is 1. The summed E-state index contributed by atoms with van der Waals surface area (Å²) in [6.45, 7) is 0. The summed E-state index contributed by atoms with van der Waals surface area (Å²) in [5.41, 5.74) is 0. The molecule has 1 aliphatic carbocycles. The number of hydrogen-bond donors (Lipinski definition) is 2. The van der Waals surface area contributed by atoms with Crippen molar-refractivity contribution in [3.05, 3.63) is 0 Å². The van der Waals surface area contributed by atoms with Gasteiger partial charge in [-0.2, -0.15) is 13.2 Å². The van der Waals surface area contributed by atoms with Crippen LogP contribution in [0, 0.1) is 11.8 Å². The first-order valence-corrected chi connectivity index (χ1v) is 6.51. The van der Waals surface area contributed by atoms with E-state index >= 15 is 0 Å². The first-order chi connectivity index (χ1) is 9.62. The zero-order valence-corrected chi connectivity index (χ0v) is 11.0. The van der Waals surface area contributed by atoms with Gasteiger partial charge in [-0.1, -0.05) is 12.8 Å². The van der Waals surface area contributed by atoms with Crippen molar-refractivity contribution < 1.29 is 36.6 Å². The third-order valence-corrected chi connectivity index (χ3v) is 3.55. The number of carbonyl (C=O) groups is 2. The van der Waals surface area contributed by atoms with E-state index in [0.717, 1.165) is 0 Å². The minimum atomic E-state index is -4.57. The van der Waals surface area contributed by atoms with E-state index in [4.69, 9.17) is 5.11 Å². The SMILES string of the molecule is O=C(O)C(CC(F)F)NC(=O)C1CCCCC1C(F)(F)F. The number of hydrogen-bond acceptors (Lipinski definition) is 2. The maximum Gasteiger partial charge on any atom is 0.392 e. The summed E-state index contributed by atoms with van der Waals surface area (Å²) < 4.78 is 62.9. The number of rotatable bonds is 5. The van der Waals surface area contributed by atoms with Gasteiger partial charge in [0.15, 0.2) is 0 Å². The monoisotopic (exact) mass is 317 g/mol. The van der Waals surface area contributed by atoms with Crippen molar-refractivity contribution in [2.75, 3.05) is 0 Å². The van der Waals surface area contributed by atoms with Crippen LogP contribution in [0.4, 0.5) is 22.0 Å². The van der Waals surface area contributed by atoms with E-state index in [2.05, 4.69) is 0 Å². The first-order valence-electron chi connectivity index (χ1n) is 6.51. The van der Waals surface area contributed by atoms with Gasteiger partial charge < -0.3 is 10.4 Å². The van der Waals surface area contributed by atoms with Gasteiger partial charge in [0.05, 0.1) is 5.92 Å². The Labute approximate surface area is 117 Å². The van der Waals surface area contributed by atoms with Gasteiger partial charge in [-0.3, -0.25) is 4.79 Å². The fourth-order valence-electron chi connectivity index (χ4n) is 2.51. The molecule has 3 unspecified atom stereocenters. The Balaban J connectivity index is 2.77. The van der Waals surface area contributed by atoms with E-state index in [-0.39, 0.29) is 12.8 Å². The topological polar surface area (TPSA) is 66.4 Å². The minimum Gasteiger partial charge on any atom is -0.480 e.